The van der Waals surface area contributed by atoms with Gasteiger partial charge in [0.25, 0.3) is 0 Å². The van der Waals surface area contributed by atoms with Gasteiger partial charge in [0.15, 0.2) is 0 Å². The Kier molecular flexibility index (Phi) is 3.92. The zero-order valence-electron chi connectivity index (χ0n) is 13.3. The lowest BCUT2D eigenvalue weighted by molar-refractivity contribution is -0.130. The van der Waals surface area contributed by atoms with Gasteiger partial charge in [-0.2, -0.15) is 0 Å². The number of carbonyl (C=O) groups is 1. The first-order valence-electron chi connectivity index (χ1n) is 7.62. The Morgan fingerprint density at radius 3 is 2.82 bits per heavy atom. The minimum absolute atomic E-state index is 0.135. The third-order valence-electron chi connectivity index (χ3n) is 4.42. The molecule has 2 aromatic rings. The first-order valence-corrected chi connectivity index (χ1v) is 7.62. The van der Waals surface area contributed by atoms with Crippen molar-refractivity contribution in [2.45, 2.75) is 32.6 Å². The van der Waals surface area contributed by atoms with Crippen LogP contribution in [-0.4, -0.2) is 43.4 Å². The molecule has 22 heavy (non-hydrogen) atoms. The monoisotopic (exact) mass is 299 g/mol. The summed E-state index contributed by atoms with van der Waals surface area (Å²) in [4.78, 5) is 26.9. The molecular weight excluding hydrogens is 278 g/mol. The Bertz CT molecular complexity index is 694. The van der Waals surface area contributed by atoms with Gasteiger partial charge in [-0.05, 0) is 19.8 Å². The molecule has 1 fully saturated rings. The van der Waals surface area contributed by atoms with Crippen molar-refractivity contribution in [1.29, 1.82) is 0 Å². The van der Waals surface area contributed by atoms with Crippen molar-refractivity contribution >= 4 is 5.91 Å². The van der Waals surface area contributed by atoms with E-state index in [4.69, 9.17) is 4.98 Å². The predicted octanol–water partition coefficient (Wildman–Crippen LogP) is 1.91. The van der Waals surface area contributed by atoms with E-state index in [-0.39, 0.29) is 11.8 Å². The molecule has 1 atom stereocenters. The number of likely N-dealkylation sites (tertiary alicyclic amines) is 1. The van der Waals surface area contributed by atoms with Crippen molar-refractivity contribution < 1.29 is 4.79 Å². The summed E-state index contributed by atoms with van der Waals surface area (Å²) in [5.74, 6) is 1.35. The highest BCUT2D eigenvalue weighted by molar-refractivity contribution is 5.73. The van der Waals surface area contributed by atoms with Gasteiger partial charge in [-0.3, -0.25) is 9.78 Å². The van der Waals surface area contributed by atoms with Crippen LogP contribution in [0.4, 0.5) is 0 Å². The Morgan fingerprint density at radius 2 is 2.14 bits per heavy atom. The average molecular weight is 299 g/mol. The van der Waals surface area contributed by atoms with Crippen molar-refractivity contribution in [3.63, 3.8) is 0 Å². The summed E-state index contributed by atoms with van der Waals surface area (Å²) in [6.45, 7) is 5.17. The number of nitrogens with zero attached hydrogens (tertiary/aromatic N) is 5. The minimum Gasteiger partial charge on any atom is -0.342 e. The van der Waals surface area contributed by atoms with Gasteiger partial charge in [-0.1, -0.05) is 0 Å². The maximum absolute atomic E-state index is 11.6. The van der Waals surface area contributed by atoms with Crippen LogP contribution in [0.1, 0.15) is 37.2 Å². The lowest BCUT2D eigenvalue weighted by atomic mass is 9.95. The van der Waals surface area contributed by atoms with Crippen LogP contribution in [-0.2, 0) is 11.8 Å². The van der Waals surface area contributed by atoms with E-state index in [0.29, 0.717) is 0 Å². The van der Waals surface area contributed by atoms with E-state index in [9.17, 15) is 4.79 Å². The van der Waals surface area contributed by atoms with Crippen LogP contribution in [0.3, 0.4) is 0 Å². The van der Waals surface area contributed by atoms with E-state index >= 15 is 0 Å². The molecule has 0 saturated carbocycles. The van der Waals surface area contributed by atoms with Crippen molar-refractivity contribution in [2.24, 2.45) is 7.05 Å². The molecule has 0 bridgehead atoms. The highest BCUT2D eigenvalue weighted by atomic mass is 16.2. The molecule has 116 valence electrons. The van der Waals surface area contributed by atoms with Gasteiger partial charge in [0.05, 0.1) is 23.8 Å². The number of aromatic nitrogens is 4. The minimum atomic E-state index is 0.135. The molecule has 0 unspecified atom stereocenters. The number of piperidine rings is 1. The number of hydrogen-bond acceptors (Lipinski definition) is 4. The number of carbonyl (C=O) groups excluding carboxylic acids is 1. The van der Waals surface area contributed by atoms with E-state index in [2.05, 4.69) is 9.97 Å². The van der Waals surface area contributed by atoms with Crippen molar-refractivity contribution in [3.8, 4) is 11.4 Å². The Hall–Kier alpha value is -2.24. The average Bonchev–Trinajstić information content (AvgIpc) is 2.87. The fourth-order valence-corrected chi connectivity index (χ4v) is 2.95. The van der Waals surface area contributed by atoms with E-state index in [1.54, 1.807) is 13.1 Å². The lowest BCUT2D eigenvalue weighted by Crippen LogP contribution is -2.37. The molecule has 2 aromatic heterocycles. The van der Waals surface area contributed by atoms with Gasteiger partial charge in [0.2, 0.25) is 5.91 Å². The van der Waals surface area contributed by atoms with Crippen LogP contribution in [0, 0.1) is 6.92 Å². The van der Waals surface area contributed by atoms with Crippen LogP contribution >= 0.6 is 0 Å². The van der Waals surface area contributed by atoms with E-state index in [1.165, 1.54) is 0 Å². The van der Waals surface area contributed by atoms with Gasteiger partial charge >= 0.3 is 0 Å². The molecule has 0 N–H and O–H groups in total. The maximum Gasteiger partial charge on any atom is 0.219 e. The summed E-state index contributed by atoms with van der Waals surface area (Å²) >= 11 is 0. The van der Waals surface area contributed by atoms with Crippen molar-refractivity contribution in [2.75, 3.05) is 13.1 Å². The van der Waals surface area contributed by atoms with Gasteiger partial charge in [-0.15, -0.1) is 0 Å². The van der Waals surface area contributed by atoms with Crippen molar-refractivity contribution in [1.82, 2.24) is 24.4 Å². The molecule has 1 aliphatic rings. The first-order chi connectivity index (χ1) is 10.6. The number of aryl methyl sites for hydroxylation is 1. The number of hydrogen-bond donors (Lipinski definition) is 0. The molecule has 0 aromatic carbocycles. The van der Waals surface area contributed by atoms with Gasteiger partial charge < -0.3 is 9.47 Å². The molecule has 0 radical (unpaired) electrons. The van der Waals surface area contributed by atoms with Gasteiger partial charge in [0, 0.05) is 39.2 Å². The quantitative estimate of drug-likeness (QED) is 0.850. The third-order valence-corrected chi connectivity index (χ3v) is 4.42. The Labute approximate surface area is 130 Å². The Balaban J connectivity index is 1.88. The standard InChI is InChI=1S/C16H21N5O/c1-11-18-9-16(20(11)3)15-8-17-7-14(19-15)13-5-4-6-21(10-13)12(2)22/h7-9,13H,4-6,10H2,1-3H3/t13-/m1/s1. The second-order valence-corrected chi connectivity index (χ2v) is 5.88. The molecule has 3 heterocycles. The van der Waals surface area contributed by atoms with E-state index in [1.807, 2.05) is 35.8 Å². The molecule has 1 aliphatic heterocycles. The normalized spacial score (nSPS) is 18.5. The molecular formula is C16H21N5O. The molecule has 3 rings (SSSR count). The second-order valence-electron chi connectivity index (χ2n) is 5.88. The van der Waals surface area contributed by atoms with Gasteiger partial charge in [-0.25, -0.2) is 9.97 Å². The largest absolute Gasteiger partial charge is 0.342 e. The summed E-state index contributed by atoms with van der Waals surface area (Å²) < 4.78 is 2.01. The SMILES string of the molecule is CC(=O)N1CCC[C@@H](c2cncc(-c3cnc(C)n3C)n2)C1. The summed E-state index contributed by atoms with van der Waals surface area (Å²) in [7, 11) is 1.98. The van der Waals surface area contributed by atoms with Crippen LogP contribution in [0.25, 0.3) is 11.4 Å². The molecule has 6 heteroatoms. The van der Waals surface area contributed by atoms with E-state index < -0.39 is 0 Å². The number of imidazole rings is 1. The zero-order valence-corrected chi connectivity index (χ0v) is 13.3. The second kappa shape index (κ2) is 5.87. The maximum atomic E-state index is 11.6. The highest BCUT2D eigenvalue weighted by Crippen LogP contribution is 2.27. The van der Waals surface area contributed by atoms with Crippen LogP contribution in [0.5, 0.6) is 0 Å². The Morgan fingerprint density at radius 1 is 1.32 bits per heavy atom. The highest BCUT2D eigenvalue weighted by Gasteiger charge is 2.24. The summed E-state index contributed by atoms with van der Waals surface area (Å²) in [5.41, 5.74) is 2.76. The molecule has 1 amide bonds. The number of rotatable bonds is 2. The lowest BCUT2D eigenvalue weighted by Gasteiger charge is -2.31. The summed E-state index contributed by atoms with van der Waals surface area (Å²) in [5, 5.41) is 0. The molecule has 0 aliphatic carbocycles. The number of amides is 1. The zero-order chi connectivity index (χ0) is 15.7. The fourth-order valence-electron chi connectivity index (χ4n) is 2.95. The summed E-state index contributed by atoms with van der Waals surface area (Å²) in [6, 6.07) is 0. The van der Waals surface area contributed by atoms with Crippen LogP contribution in [0.2, 0.25) is 0 Å². The predicted molar refractivity (Wildman–Crippen MR) is 83.2 cm³/mol. The molecule has 6 nitrogen and oxygen atoms in total. The van der Waals surface area contributed by atoms with Crippen LogP contribution < -0.4 is 0 Å². The van der Waals surface area contributed by atoms with E-state index in [0.717, 1.165) is 48.8 Å². The molecule has 1 saturated heterocycles. The topological polar surface area (TPSA) is 63.9 Å². The van der Waals surface area contributed by atoms with Crippen LogP contribution in [0.15, 0.2) is 18.6 Å². The summed E-state index contributed by atoms with van der Waals surface area (Å²) in [6.07, 6.45) is 7.48. The van der Waals surface area contributed by atoms with Gasteiger partial charge in [0.1, 0.15) is 11.5 Å². The molecule has 0 spiro atoms. The van der Waals surface area contributed by atoms with Crippen molar-refractivity contribution in [3.05, 3.63) is 30.1 Å². The fraction of sp³-hybridized carbons (Fsp3) is 0.500. The smallest absolute Gasteiger partial charge is 0.219 e. The first kappa shape index (κ1) is 14.7. The third kappa shape index (κ3) is 2.73.